The van der Waals surface area contributed by atoms with Gasteiger partial charge in [0.2, 0.25) is 5.78 Å². The van der Waals surface area contributed by atoms with Gasteiger partial charge in [-0.2, -0.15) is 0 Å². The molecule has 6 nitrogen and oxygen atoms in total. The third-order valence-electron chi connectivity index (χ3n) is 2.93. The van der Waals surface area contributed by atoms with E-state index in [4.69, 9.17) is 5.73 Å². The maximum absolute atomic E-state index is 12.1. The van der Waals surface area contributed by atoms with E-state index in [0.717, 1.165) is 12.1 Å². The van der Waals surface area contributed by atoms with Crippen LogP contribution in [-0.4, -0.2) is 16.5 Å². The van der Waals surface area contributed by atoms with E-state index in [1.165, 1.54) is 18.2 Å². The minimum absolute atomic E-state index is 0.0591. The van der Waals surface area contributed by atoms with Crippen LogP contribution in [0.1, 0.15) is 20.7 Å². The van der Waals surface area contributed by atoms with Gasteiger partial charge in [0.25, 0.3) is 5.69 Å². The van der Waals surface area contributed by atoms with Crippen molar-refractivity contribution in [2.24, 2.45) is 5.73 Å². The van der Waals surface area contributed by atoms with Gasteiger partial charge in [-0.1, -0.05) is 42.5 Å². The van der Waals surface area contributed by atoms with E-state index in [-0.39, 0.29) is 16.9 Å². The van der Waals surface area contributed by atoms with Crippen molar-refractivity contribution in [2.45, 2.75) is 0 Å². The summed E-state index contributed by atoms with van der Waals surface area (Å²) in [6.07, 6.45) is 1.02. The van der Waals surface area contributed by atoms with Crippen LogP contribution in [0.15, 0.2) is 66.4 Å². The second-order valence-corrected chi connectivity index (χ2v) is 4.47. The molecule has 0 aliphatic heterocycles. The molecule has 0 atom stereocenters. The Bertz CT molecular complexity index is 767. The average molecular weight is 296 g/mol. The Balaban J connectivity index is 2.25. The molecule has 0 radical (unpaired) electrons. The first-order valence-electron chi connectivity index (χ1n) is 6.35. The summed E-state index contributed by atoms with van der Waals surface area (Å²) in [6, 6.07) is 13.5. The lowest BCUT2D eigenvalue weighted by Gasteiger charge is -2.02. The summed E-state index contributed by atoms with van der Waals surface area (Å²) in [5, 5.41) is 10.7. The van der Waals surface area contributed by atoms with Crippen LogP contribution in [0.4, 0.5) is 5.69 Å². The quantitative estimate of drug-likeness (QED) is 0.395. The molecule has 110 valence electrons. The highest BCUT2D eigenvalue weighted by atomic mass is 16.6. The summed E-state index contributed by atoms with van der Waals surface area (Å²) < 4.78 is 0. The predicted molar refractivity (Wildman–Crippen MR) is 80.5 cm³/mol. The molecule has 2 aromatic carbocycles. The van der Waals surface area contributed by atoms with Crippen LogP contribution in [0.3, 0.4) is 0 Å². The number of ketones is 2. The fraction of sp³-hybridized carbons (Fsp3) is 0. The number of carbonyl (C=O) groups is 2. The summed E-state index contributed by atoms with van der Waals surface area (Å²) in [5.41, 5.74) is 5.61. The molecule has 2 N–H and O–H groups in total. The first kappa shape index (κ1) is 15.1. The van der Waals surface area contributed by atoms with Crippen molar-refractivity contribution < 1.29 is 14.5 Å². The molecular formula is C16H12N2O4. The standard InChI is InChI=1S/C16H12N2O4/c17-14(10-15(19)11-5-2-1-3-6-11)16(20)12-7-4-8-13(9-12)18(21)22/h1-10H,17H2. The average Bonchev–Trinajstić information content (AvgIpc) is 2.54. The second kappa shape index (κ2) is 6.45. The second-order valence-electron chi connectivity index (χ2n) is 4.47. The normalized spacial score (nSPS) is 11.0. The molecule has 0 aromatic heterocycles. The van der Waals surface area contributed by atoms with E-state index >= 15 is 0 Å². The van der Waals surface area contributed by atoms with Crippen molar-refractivity contribution in [3.05, 3.63) is 87.6 Å². The zero-order valence-electron chi connectivity index (χ0n) is 11.4. The van der Waals surface area contributed by atoms with E-state index in [2.05, 4.69) is 0 Å². The minimum atomic E-state index is -0.631. The summed E-state index contributed by atoms with van der Waals surface area (Å²) >= 11 is 0. The van der Waals surface area contributed by atoms with Crippen molar-refractivity contribution in [1.82, 2.24) is 0 Å². The summed E-state index contributed by atoms with van der Waals surface area (Å²) in [5.74, 6) is -1.04. The van der Waals surface area contributed by atoms with Gasteiger partial charge in [0.1, 0.15) is 0 Å². The van der Waals surface area contributed by atoms with Gasteiger partial charge in [-0.05, 0) is 0 Å². The Kier molecular flexibility index (Phi) is 4.43. The molecule has 0 aliphatic rings. The maximum atomic E-state index is 12.1. The monoisotopic (exact) mass is 296 g/mol. The highest BCUT2D eigenvalue weighted by Crippen LogP contribution is 2.15. The van der Waals surface area contributed by atoms with Gasteiger partial charge < -0.3 is 5.73 Å². The molecule has 0 bridgehead atoms. The highest BCUT2D eigenvalue weighted by Gasteiger charge is 2.15. The van der Waals surface area contributed by atoms with Gasteiger partial charge in [-0.25, -0.2) is 0 Å². The van der Waals surface area contributed by atoms with Crippen molar-refractivity contribution in [2.75, 3.05) is 0 Å². The number of hydrogen-bond acceptors (Lipinski definition) is 5. The number of carbonyl (C=O) groups excluding carboxylic acids is 2. The van der Waals surface area contributed by atoms with Crippen LogP contribution in [0.5, 0.6) is 0 Å². The molecule has 0 saturated heterocycles. The SMILES string of the molecule is NC(=CC(=O)c1ccccc1)C(=O)c1cccc([N+](=O)[O-])c1. The predicted octanol–water partition coefficient (Wildman–Crippen LogP) is 2.50. The number of nitrogens with two attached hydrogens (primary N) is 1. The lowest BCUT2D eigenvalue weighted by atomic mass is 10.0. The minimum Gasteiger partial charge on any atom is -0.395 e. The topological polar surface area (TPSA) is 103 Å². The molecule has 2 aromatic rings. The maximum Gasteiger partial charge on any atom is 0.270 e. The Hall–Kier alpha value is -3.28. The smallest absolute Gasteiger partial charge is 0.270 e. The van der Waals surface area contributed by atoms with Crippen molar-refractivity contribution in [3.8, 4) is 0 Å². The lowest BCUT2D eigenvalue weighted by Crippen LogP contribution is -2.14. The summed E-state index contributed by atoms with van der Waals surface area (Å²) in [4.78, 5) is 34.2. The van der Waals surface area contributed by atoms with Gasteiger partial charge in [-0.15, -0.1) is 0 Å². The van der Waals surface area contributed by atoms with Crippen LogP contribution >= 0.6 is 0 Å². The third-order valence-corrected chi connectivity index (χ3v) is 2.93. The van der Waals surface area contributed by atoms with Gasteiger partial charge in [-0.3, -0.25) is 19.7 Å². The van der Waals surface area contributed by atoms with Gasteiger partial charge in [0.15, 0.2) is 5.78 Å². The van der Waals surface area contributed by atoms with E-state index < -0.39 is 16.5 Å². The number of hydrogen-bond donors (Lipinski definition) is 1. The molecule has 0 aliphatic carbocycles. The number of Topliss-reactive ketones (excluding diaryl/α,β-unsaturated/α-hetero) is 1. The largest absolute Gasteiger partial charge is 0.395 e. The van der Waals surface area contributed by atoms with Crippen molar-refractivity contribution in [3.63, 3.8) is 0 Å². The van der Waals surface area contributed by atoms with Gasteiger partial charge >= 0.3 is 0 Å². The van der Waals surface area contributed by atoms with Gasteiger partial charge in [0, 0.05) is 29.3 Å². The number of benzene rings is 2. The van der Waals surface area contributed by atoms with Crippen LogP contribution in [0.25, 0.3) is 0 Å². The molecule has 0 amide bonds. The van der Waals surface area contributed by atoms with Crippen LogP contribution in [0.2, 0.25) is 0 Å². The molecule has 0 spiro atoms. The first-order valence-corrected chi connectivity index (χ1v) is 6.35. The zero-order chi connectivity index (χ0) is 16.1. The molecule has 0 fully saturated rings. The number of nitro groups is 1. The number of rotatable bonds is 5. The Labute approximate surface area is 126 Å². The van der Waals surface area contributed by atoms with Crippen molar-refractivity contribution >= 4 is 17.3 Å². The number of nitrogens with zero attached hydrogens (tertiary/aromatic N) is 1. The Morgan fingerprint density at radius 2 is 1.64 bits per heavy atom. The summed E-state index contributed by atoms with van der Waals surface area (Å²) in [6.45, 7) is 0. The molecule has 0 saturated carbocycles. The van der Waals surface area contributed by atoms with E-state index in [1.807, 2.05) is 0 Å². The molecule has 2 rings (SSSR count). The third kappa shape index (κ3) is 3.43. The summed E-state index contributed by atoms with van der Waals surface area (Å²) in [7, 11) is 0. The van der Waals surface area contributed by atoms with Crippen LogP contribution in [0, 0.1) is 10.1 Å². The highest BCUT2D eigenvalue weighted by molar-refractivity contribution is 6.14. The number of allylic oxidation sites excluding steroid dienone is 2. The van der Waals surface area contributed by atoms with Crippen molar-refractivity contribution in [1.29, 1.82) is 0 Å². The van der Waals surface area contributed by atoms with Crippen LogP contribution < -0.4 is 5.73 Å². The Morgan fingerprint density at radius 1 is 1.00 bits per heavy atom. The van der Waals surface area contributed by atoms with E-state index in [9.17, 15) is 19.7 Å². The molecule has 0 heterocycles. The number of nitro benzene ring substituents is 1. The molecule has 0 unspecified atom stereocenters. The fourth-order valence-corrected chi connectivity index (χ4v) is 1.82. The van der Waals surface area contributed by atoms with Gasteiger partial charge in [0.05, 0.1) is 10.6 Å². The van der Waals surface area contributed by atoms with E-state index in [0.29, 0.717) is 5.56 Å². The van der Waals surface area contributed by atoms with Crippen LogP contribution in [-0.2, 0) is 0 Å². The lowest BCUT2D eigenvalue weighted by molar-refractivity contribution is -0.384. The first-order chi connectivity index (χ1) is 10.5. The number of non-ortho nitro benzene ring substituents is 1. The zero-order valence-corrected chi connectivity index (χ0v) is 11.4. The fourth-order valence-electron chi connectivity index (χ4n) is 1.82. The van der Waals surface area contributed by atoms with E-state index in [1.54, 1.807) is 30.3 Å². The molecule has 22 heavy (non-hydrogen) atoms. The Morgan fingerprint density at radius 3 is 2.27 bits per heavy atom. The molecular weight excluding hydrogens is 284 g/mol. The molecule has 6 heteroatoms.